The molecule has 26 heavy (non-hydrogen) atoms. The molecule has 6 nitrogen and oxygen atoms in total. The summed E-state index contributed by atoms with van der Waals surface area (Å²) < 4.78 is 27.0. The summed E-state index contributed by atoms with van der Waals surface area (Å²) in [7, 11) is 0. The molecule has 3 aromatic rings. The third kappa shape index (κ3) is 3.08. The molecule has 1 aliphatic rings. The minimum atomic E-state index is -0.520. The van der Waals surface area contributed by atoms with Gasteiger partial charge in [0.15, 0.2) is 5.82 Å². The Labute approximate surface area is 149 Å². The lowest BCUT2D eigenvalue weighted by Gasteiger charge is -2.24. The van der Waals surface area contributed by atoms with Crippen LogP contribution in [0, 0.1) is 12.7 Å². The van der Waals surface area contributed by atoms with E-state index >= 15 is 0 Å². The number of nitrogens with zero attached hydrogens (tertiary/aromatic N) is 3. The molecule has 0 bridgehead atoms. The van der Waals surface area contributed by atoms with Gasteiger partial charge in [0.25, 0.3) is 11.8 Å². The van der Waals surface area contributed by atoms with Crippen molar-refractivity contribution in [1.82, 2.24) is 14.5 Å². The Balaban J connectivity index is 1.62. The van der Waals surface area contributed by atoms with Crippen molar-refractivity contribution < 1.29 is 18.3 Å². The number of aromatic nitrogens is 2. The molecule has 1 aliphatic heterocycles. The molecule has 0 radical (unpaired) electrons. The van der Waals surface area contributed by atoms with Crippen LogP contribution in [0.4, 0.5) is 4.39 Å². The van der Waals surface area contributed by atoms with Crippen molar-refractivity contribution in [2.24, 2.45) is 0 Å². The van der Waals surface area contributed by atoms with Gasteiger partial charge in [0.05, 0.1) is 31.5 Å². The first kappa shape index (κ1) is 16.4. The Hall–Kier alpha value is -3.09. The highest BCUT2D eigenvalue weighted by Crippen LogP contribution is 2.21. The van der Waals surface area contributed by atoms with Crippen LogP contribution in [0.2, 0.25) is 0 Å². The van der Waals surface area contributed by atoms with Crippen molar-refractivity contribution in [1.29, 1.82) is 0 Å². The summed E-state index contributed by atoms with van der Waals surface area (Å²) in [5.41, 5.74) is 1.51. The van der Waals surface area contributed by atoms with Crippen LogP contribution >= 0.6 is 0 Å². The molecule has 0 unspecified atom stereocenters. The minimum absolute atomic E-state index is 0.0556. The van der Waals surface area contributed by atoms with E-state index < -0.39 is 11.9 Å². The van der Waals surface area contributed by atoms with E-state index in [1.165, 1.54) is 24.6 Å². The molecule has 0 N–H and O–H groups in total. The second-order valence-corrected chi connectivity index (χ2v) is 6.26. The largest absolute Gasteiger partial charge is 0.469 e. The third-order valence-corrected chi connectivity index (χ3v) is 4.48. The molecule has 7 heteroatoms. The molecule has 0 fully saturated rings. The molecule has 4 heterocycles. The number of halogens is 1. The van der Waals surface area contributed by atoms with Gasteiger partial charge in [-0.25, -0.2) is 9.37 Å². The van der Waals surface area contributed by atoms with Crippen molar-refractivity contribution in [3.05, 3.63) is 71.8 Å². The van der Waals surface area contributed by atoms with Crippen LogP contribution in [0.3, 0.4) is 0 Å². The first-order valence-electron chi connectivity index (χ1n) is 8.36. The van der Waals surface area contributed by atoms with Gasteiger partial charge in [-0.2, -0.15) is 0 Å². The van der Waals surface area contributed by atoms with E-state index in [0.717, 1.165) is 5.69 Å². The summed E-state index contributed by atoms with van der Waals surface area (Å²) >= 11 is 0. The molecule has 0 aromatic carbocycles. The van der Waals surface area contributed by atoms with E-state index in [4.69, 9.17) is 9.15 Å². The second-order valence-electron chi connectivity index (χ2n) is 6.26. The minimum Gasteiger partial charge on any atom is -0.469 e. The quantitative estimate of drug-likeness (QED) is 0.725. The molecular formula is C19H18FN3O3. The van der Waals surface area contributed by atoms with Crippen LogP contribution in [-0.2, 0) is 13.1 Å². The predicted octanol–water partition coefficient (Wildman–Crippen LogP) is 3.03. The van der Waals surface area contributed by atoms with Gasteiger partial charge in [-0.05, 0) is 37.3 Å². The van der Waals surface area contributed by atoms with Gasteiger partial charge in [0, 0.05) is 18.1 Å². The van der Waals surface area contributed by atoms with Gasteiger partial charge in [0.2, 0.25) is 0 Å². The van der Waals surface area contributed by atoms with Gasteiger partial charge in [-0.3, -0.25) is 4.79 Å². The number of aryl methyl sites for hydroxylation is 1. The lowest BCUT2D eigenvalue weighted by molar-refractivity contribution is 0.0639. The second kappa shape index (κ2) is 6.67. The van der Waals surface area contributed by atoms with E-state index in [1.54, 1.807) is 17.9 Å². The van der Waals surface area contributed by atoms with Crippen LogP contribution in [0.1, 0.15) is 21.8 Å². The van der Waals surface area contributed by atoms with Crippen LogP contribution in [0.5, 0.6) is 5.88 Å². The Kier molecular flexibility index (Phi) is 4.20. The monoisotopic (exact) mass is 355 g/mol. The average molecular weight is 355 g/mol. The van der Waals surface area contributed by atoms with Gasteiger partial charge >= 0.3 is 0 Å². The number of hydrogen-bond donors (Lipinski definition) is 0. The first-order chi connectivity index (χ1) is 12.6. The maximum Gasteiger partial charge on any atom is 0.257 e. The fourth-order valence-corrected chi connectivity index (χ4v) is 3.18. The van der Waals surface area contributed by atoms with Crippen LogP contribution < -0.4 is 4.74 Å². The molecule has 134 valence electrons. The van der Waals surface area contributed by atoms with Crippen molar-refractivity contribution >= 4 is 5.91 Å². The predicted molar refractivity (Wildman–Crippen MR) is 91.2 cm³/mol. The topological polar surface area (TPSA) is 60.5 Å². The highest BCUT2D eigenvalue weighted by Gasteiger charge is 2.28. The Bertz CT molecular complexity index is 934. The molecule has 3 aromatic heterocycles. The number of pyridine rings is 1. The highest BCUT2D eigenvalue weighted by atomic mass is 19.1. The van der Waals surface area contributed by atoms with E-state index in [-0.39, 0.29) is 11.8 Å². The van der Waals surface area contributed by atoms with Crippen molar-refractivity contribution in [3.8, 4) is 5.88 Å². The zero-order chi connectivity index (χ0) is 18.1. The van der Waals surface area contributed by atoms with E-state index in [9.17, 15) is 9.18 Å². The van der Waals surface area contributed by atoms with Crippen molar-refractivity contribution in [3.63, 3.8) is 0 Å². The summed E-state index contributed by atoms with van der Waals surface area (Å²) in [6.45, 7) is 3.03. The SMILES string of the molecule is Cc1occc1C(=O)N1Cc2cccn2C[C@@H](Oc2ncccc2F)C1. The van der Waals surface area contributed by atoms with E-state index in [2.05, 4.69) is 4.98 Å². The normalized spacial score (nSPS) is 16.8. The Morgan fingerprint density at radius 2 is 2.19 bits per heavy atom. The van der Waals surface area contributed by atoms with Gasteiger partial charge < -0.3 is 18.6 Å². The number of rotatable bonds is 3. The summed E-state index contributed by atoms with van der Waals surface area (Å²) in [6.07, 6.45) is 4.48. The molecule has 0 aliphatic carbocycles. The lowest BCUT2D eigenvalue weighted by atomic mass is 10.2. The van der Waals surface area contributed by atoms with Gasteiger partial charge in [-0.15, -0.1) is 0 Å². The molecule has 1 amide bonds. The third-order valence-electron chi connectivity index (χ3n) is 4.48. The van der Waals surface area contributed by atoms with Crippen LogP contribution in [-0.4, -0.2) is 33.0 Å². The lowest BCUT2D eigenvalue weighted by Crippen LogP contribution is -2.39. The Morgan fingerprint density at radius 1 is 1.31 bits per heavy atom. The maximum atomic E-state index is 13.9. The molecular weight excluding hydrogens is 337 g/mol. The Morgan fingerprint density at radius 3 is 2.96 bits per heavy atom. The van der Waals surface area contributed by atoms with Crippen LogP contribution in [0.25, 0.3) is 0 Å². The smallest absolute Gasteiger partial charge is 0.257 e. The maximum absolute atomic E-state index is 13.9. The standard InChI is InChI=1S/C19H18FN3O3/c1-13-16(6-9-25-13)19(24)23-10-14-4-3-8-22(14)11-15(12-23)26-18-17(20)5-2-7-21-18/h2-9,15H,10-12H2,1H3/t15-/m1/s1. The number of carbonyl (C=O) groups is 1. The summed E-state index contributed by atoms with van der Waals surface area (Å²) in [5, 5.41) is 0. The van der Waals surface area contributed by atoms with Crippen LogP contribution in [0.15, 0.2) is 53.4 Å². The summed E-state index contributed by atoms with van der Waals surface area (Å²) in [5.74, 6) is -0.142. The van der Waals surface area contributed by atoms with Crippen molar-refractivity contribution in [2.75, 3.05) is 6.54 Å². The van der Waals surface area contributed by atoms with E-state index in [1.807, 2.05) is 22.9 Å². The summed E-state index contributed by atoms with van der Waals surface area (Å²) in [4.78, 5) is 18.6. The van der Waals surface area contributed by atoms with E-state index in [0.29, 0.717) is 31.0 Å². The molecule has 0 saturated carbocycles. The summed E-state index contributed by atoms with van der Waals surface area (Å²) in [6, 6.07) is 8.36. The van der Waals surface area contributed by atoms with Gasteiger partial charge in [-0.1, -0.05) is 0 Å². The fraction of sp³-hybridized carbons (Fsp3) is 0.263. The fourth-order valence-electron chi connectivity index (χ4n) is 3.18. The molecule has 1 atom stereocenters. The number of ether oxygens (including phenoxy) is 1. The average Bonchev–Trinajstić information content (AvgIpc) is 3.21. The number of fused-ring (bicyclic) bond motifs is 1. The number of hydrogen-bond acceptors (Lipinski definition) is 4. The van der Waals surface area contributed by atoms with Crippen molar-refractivity contribution in [2.45, 2.75) is 26.1 Å². The molecule has 0 spiro atoms. The highest BCUT2D eigenvalue weighted by molar-refractivity contribution is 5.95. The zero-order valence-electron chi connectivity index (χ0n) is 14.3. The number of carbonyl (C=O) groups excluding carboxylic acids is 1. The molecule has 4 rings (SSSR count). The molecule has 0 saturated heterocycles. The number of furan rings is 1. The zero-order valence-corrected chi connectivity index (χ0v) is 14.3. The van der Waals surface area contributed by atoms with Gasteiger partial charge in [0.1, 0.15) is 11.9 Å². The first-order valence-corrected chi connectivity index (χ1v) is 8.36. The number of amides is 1.